The Labute approximate surface area is 136 Å². The van der Waals surface area contributed by atoms with E-state index in [4.69, 9.17) is 0 Å². The highest BCUT2D eigenvalue weighted by Gasteiger charge is 2.22. The van der Waals surface area contributed by atoms with Crippen LogP contribution >= 0.6 is 0 Å². The average molecular weight is 333 g/mol. The number of benzene rings is 2. The maximum atomic E-state index is 13.0. The molecule has 0 bridgehead atoms. The molecule has 0 N–H and O–H groups in total. The van der Waals surface area contributed by atoms with Crippen molar-refractivity contribution < 1.29 is 12.8 Å². The maximum Gasteiger partial charge on any atom is 0.243 e. The van der Waals surface area contributed by atoms with E-state index < -0.39 is 10.0 Å². The van der Waals surface area contributed by atoms with Crippen molar-refractivity contribution in [1.82, 2.24) is 4.31 Å². The summed E-state index contributed by atoms with van der Waals surface area (Å²) in [5.41, 5.74) is 3.17. The predicted molar refractivity (Wildman–Crippen MR) is 88.1 cm³/mol. The molecule has 0 saturated heterocycles. The Morgan fingerprint density at radius 1 is 1.00 bits per heavy atom. The van der Waals surface area contributed by atoms with E-state index in [-0.39, 0.29) is 12.4 Å². The number of hydrogen-bond donors (Lipinski definition) is 0. The Balaban J connectivity index is 1.84. The summed E-state index contributed by atoms with van der Waals surface area (Å²) in [4.78, 5) is 0.336. The summed E-state index contributed by atoms with van der Waals surface area (Å²) in [6.45, 7) is 0.222. The molecule has 2 aromatic carbocycles. The van der Waals surface area contributed by atoms with Gasteiger partial charge in [-0.3, -0.25) is 0 Å². The molecular weight excluding hydrogens is 313 g/mol. The van der Waals surface area contributed by atoms with Crippen LogP contribution in [-0.2, 0) is 29.4 Å². The molecule has 0 spiro atoms. The van der Waals surface area contributed by atoms with Gasteiger partial charge in [0.1, 0.15) is 5.82 Å². The lowest BCUT2D eigenvalue weighted by Crippen LogP contribution is -2.26. The van der Waals surface area contributed by atoms with Gasteiger partial charge in [-0.2, -0.15) is 4.31 Å². The minimum Gasteiger partial charge on any atom is -0.207 e. The Bertz CT molecular complexity index is 800. The lowest BCUT2D eigenvalue weighted by molar-refractivity contribution is 0.466. The van der Waals surface area contributed by atoms with Gasteiger partial charge < -0.3 is 0 Å². The third-order valence-electron chi connectivity index (χ3n) is 4.35. The monoisotopic (exact) mass is 333 g/mol. The molecule has 0 saturated carbocycles. The smallest absolute Gasteiger partial charge is 0.207 e. The van der Waals surface area contributed by atoms with Crippen LogP contribution in [0.25, 0.3) is 0 Å². The van der Waals surface area contributed by atoms with E-state index in [1.807, 2.05) is 12.1 Å². The highest BCUT2D eigenvalue weighted by Crippen LogP contribution is 2.25. The van der Waals surface area contributed by atoms with Gasteiger partial charge in [-0.05, 0) is 66.6 Å². The Morgan fingerprint density at radius 2 is 1.65 bits per heavy atom. The number of halogens is 1. The third-order valence-corrected chi connectivity index (χ3v) is 6.15. The SMILES string of the molecule is CN(Cc1ccc(F)cc1)S(=O)(=O)c1ccc2c(c1)CCCC2. The van der Waals surface area contributed by atoms with Crippen LogP contribution in [0.3, 0.4) is 0 Å². The molecule has 2 aromatic rings. The molecule has 0 amide bonds. The van der Waals surface area contributed by atoms with Gasteiger partial charge in [-0.25, -0.2) is 12.8 Å². The number of sulfonamides is 1. The second-order valence-electron chi connectivity index (χ2n) is 6.03. The highest BCUT2D eigenvalue weighted by atomic mass is 32.2. The van der Waals surface area contributed by atoms with E-state index in [0.29, 0.717) is 4.90 Å². The van der Waals surface area contributed by atoms with Crippen molar-refractivity contribution in [2.24, 2.45) is 0 Å². The van der Waals surface area contributed by atoms with Crippen LogP contribution in [0.1, 0.15) is 29.5 Å². The van der Waals surface area contributed by atoms with Crippen LogP contribution in [0.15, 0.2) is 47.4 Å². The van der Waals surface area contributed by atoms with Gasteiger partial charge in [0.05, 0.1) is 4.90 Å². The summed E-state index contributed by atoms with van der Waals surface area (Å²) in [5.74, 6) is -0.325. The van der Waals surface area contributed by atoms with Crippen molar-refractivity contribution >= 4 is 10.0 Å². The molecule has 0 heterocycles. The second-order valence-corrected chi connectivity index (χ2v) is 8.07. The van der Waals surface area contributed by atoms with Crippen molar-refractivity contribution in [3.8, 4) is 0 Å². The van der Waals surface area contributed by atoms with Crippen LogP contribution in [0, 0.1) is 5.82 Å². The van der Waals surface area contributed by atoms with Gasteiger partial charge in [-0.15, -0.1) is 0 Å². The minimum absolute atomic E-state index is 0.222. The van der Waals surface area contributed by atoms with Crippen LogP contribution < -0.4 is 0 Å². The standard InChI is InChI=1S/C18H20FNO2S/c1-20(13-14-6-9-17(19)10-7-14)23(21,22)18-11-8-15-4-2-3-5-16(15)12-18/h6-12H,2-5,13H2,1H3. The Hall–Kier alpha value is -1.72. The number of rotatable bonds is 4. The van der Waals surface area contributed by atoms with Gasteiger partial charge in [0.25, 0.3) is 0 Å². The molecule has 122 valence electrons. The summed E-state index contributed by atoms with van der Waals surface area (Å²) in [6.07, 6.45) is 4.26. The zero-order chi connectivity index (χ0) is 16.4. The summed E-state index contributed by atoms with van der Waals surface area (Å²) in [5, 5.41) is 0. The van der Waals surface area contributed by atoms with Crippen molar-refractivity contribution in [1.29, 1.82) is 0 Å². The topological polar surface area (TPSA) is 37.4 Å². The third kappa shape index (κ3) is 3.46. The summed E-state index contributed by atoms with van der Waals surface area (Å²) in [7, 11) is -1.99. The predicted octanol–water partition coefficient (Wildman–Crippen LogP) is 3.53. The first-order valence-electron chi connectivity index (χ1n) is 7.79. The van der Waals surface area contributed by atoms with Crippen molar-refractivity contribution in [3.05, 3.63) is 65.0 Å². The van der Waals surface area contributed by atoms with E-state index >= 15 is 0 Å². The molecule has 3 rings (SSSR count). The van der Waals surface area contributed by atoms with Gasteiger partial charge >= 0.3 is 0 Å². The molecule has 0 atom stereocenters. The summed E-state index contributed by atoms with van der Waals surface area (Å²) in [6, 6.07) is 11.3. The maximum absolute atomic E-state index is 13.0. The Kier molecular flexibility index (Phi) is 4.50. The van der Waals surface area contributed by atoms with E-state index in [0.717, 1.165) is 30.4 Å². The van der Waals surface area contributed by atoms with Gasteiger partial charge in [0.15, 0.2) is 0 Å². The number of aryl methyl sites for hydroxylation is 2. The van der Waals surface area contributed by atoms with Crippen LogP contribution in [-0.4, -0.2) is 19.8 Å². The Morgan fingerprint density at radius 3 is 2.35 bits per heavy atom. The van der Waals surface area contributed by atoms with Crippen LogP contribution in [0.4, 0.5) is 4.39 Å². The van der Waals surface area contributed by atoms with E-state index in [1.54, 1.807) is 25.2 Å². The highest BCUT2D eigenvalue weighted by molar-refractivity contribution is 7.89. The van der Waals surface area contributed by atoms with Crippen molar-refractivity contribution in [2.45, 2.75) is 37.1 Å². The molecule has 5 heteroatoms. The first-order chi connectivity index (χ1) is 11.0. The molecule has 0 radical (unpaired) electrons. The zero-order valence-corrected chi connectivity index (χ0v) is 13.9. The minimum atomic E-state index is -3.54. The molecular formula is C18H20FNO2S. The van der Waals surface area contributed by atoms with E-state index in [1.165, 1.54) is 28.4 Å². The van der Waals surface area contributed by atoms with Crippen LogP contribution in [0.2, 0.25) is 0 Å². The first kappa shape index (κ1) is 16.1. The fraction of sp³-hybridized carbons (Fsp3) is 0.333. The molecule has 0 aromatic heterocycles. The molecule has 0 aliphatic heterocycles. The van der Waals surface area contributed by atoms with Crippen molar-refractivity contribution in [3.63, 3.8) is 0 Å². The molecule has 3 nitrogen and oxygen atoms in total. The van der Waals surface area contributed by atoms with Gasteiger partial charge in [0, 0.05) is 13.6 Å². The fourth-order valence-electron chi connectivity index (χ4n) is 2.98. The van der Waals surface area contributed by atoms with E-state index in [2.05, 4.69) is 0 Å². The lowest BCUT2D eigenvalue weighted by Gasteiger charge is -2.20. The molecule has 23 heavy (non-hydrogen) atoms. The van der Waals surface area contributed by atoms with Gasteiger partial charge in [-0.1, -0.05) is 18.2 Å². The average Bonchev–Trinajstić information content (AvgIpc) is 2.56. The molecule has 0 fully saturated rings. The number of nitrogens with zero attached hydrogens (tertiary/aromatic N) is 1. The quantitative estimate of drug-likeness (QED) is 0.858. The summed E-state index contributed by atoms with van der Waals surface area (Å²) < 4.78 is 39.7. The largest absolute Gasteiger partial charge is 0.243 e. The molecule has 0 unspecified atom stereocenters. The first-order valence-corrected chi connectivity index (χ1v) is 9.23. The van der Waals surface area contributed by atoms with Crippen molar-refractivity contribution in [2.75, 3.05) is 7.05 Å². The number of fused-ring (bicyclic) bond motifs is 1. The number of hydrogen-bond acceptors (Lipinski definition) is 2. The summed E-state index contributed by atoms with van der Waals surface area (Å²) >= 11 is 0. The lowest BCUT2D eigenvalue weighted by atomic mass is 9.92. The van der Waals surface area contributed by atoms with E-state index in [9.17, 15) is 12.8 Å². The molecule has 1 aliphatic rings. The van der Waals surface area contributed by atoms with Gasteiger partial charge in [0.2, 0.25) is 10.0 Å². The molecule has 1 aliphatic carbocycles. The fourth-order valence-corrected chi connectivity index (χ4v) is 4.19. The normalized spacial score (nSPS) is 14.7. The second kappa shape index (κ2) is 6.42. The zero-order valence-electron chi connectivity index (χ0n) is 13.1. The van der Waals surface area contributed by atoms with Crippen LogP contribution in [0.5, 0.6) is 0 Å².